The molecule has 0 saturated heterocycles. The molecule has 2 rings (SSSR count). The largest absolute Gasteiger partial charge is 0.468 e. The van der Waals surface area contributed by atoms with Crippen LogP contribution in [0.3, 0.4) is 0 Å². The Morgan fingerprint density at radius 2 is 2.28 bits per heavy atom. The number of furan rings is 1. The highest BCUT2D eigenvalue weighted by molar-refractivity contribution is 7.98. The Labute approximate surface area is 111 Å². The van der Waals surface area contributed by atoms with Crippen LogP contribution < -0.4 is 5.32 Å². The lowest BCUT2D eigenvalue weighted by Crippen LogP contribution is -2.02. The van der Waals surface area contributed by atoms with Gasteiger partial charge in [-0.15, -0.1) is 0 Å². The lowest BCUT2D eigenvalue weighted by atomic mass is 10.2. The molecule has 0 amide bonds. The second kappa shape index (κ2) is 6.44. The number of hydrogen-bond donors (Lipinski definition) is 1. The van der Waals surface area contributed by atoms with Crippen LogP contribution in [0.5, 0.6) is 0 Å². The maximum absolute atomic E-state index is 5.33. The van der Waals surface area contributed by atoms with Gasteiger partial charge in [0.25, 0.3) is 0 Å². The topological polar surface area (TPSA) is 51.0 Å². The molecule has 2 aromatic heterocycles. The number of thioether (sulfide) groups is 1. The van der Waals surface area contributed by atoms with Gasteiger partial charge >= 0.3 is 0 Å². The summed E-state index contributed by atoms with van der Waals surface area (Å²) in [7, 11) is 1.89. The Morgan fingerprint density at radius 1 is 1.39 bits per heavy atom. The van der Waals surface area contributed by atoms with Gasteiger partial charge in [-0.2, -0.15) is 0 Å². The van der Waals surface area contributed by atoms with Crippen LogP contribution in [0.1, 0.15) is 24.7 Å². The molecule has 0 spiro atoms. The summed E-state index contributed by atoms with van der Waals surface area (Å²) in [5, 5.41) is 4.16. The SMILES string of the molecule is CCCc1c(NC)ncnc1SCc1ccco1. The molecule has 0 fully saturated rings. The van der Waals surface area contributed by atoms with Crippen molar-refractivity contribution in [1.29, 1.82) is 0 Å². The smallest absolute Gasteiger partial charge is 0.133 e. The van der Waals surface area contributed by atoms with E-state index in [-0.39, 0.29) is 0 Å². The highest BCUT2D eigenvalue weighted by atomic mass is 32.2. The second-order valence-electron chi connectivity index (χ2n) is 3.87. The van der Waals surface area contributed by atoms with Crippen LogP contribution in [0.2, 0.25) is 0 Å². The minimum Gasteiger partial charge on any atom is -0.468 e. The first-order valence-electron chi connectivity index (χ1n) is 6.02. The second-order valence-corrected chi connectivity index (χ2v) is 4.84. The lowest BCUT2D eigenvalue weighted by molar-refractivity contribution is 0.530. The van der Waals surface area contributed by atoms with Crippen molar-refractivity contribution in [3.63, 3.8) is 0 Å². The fourth-order valence-electron chi connectivity index (χ4n) is 1.75. The zero-order valence-corrected chi connectivity index (χ0v) is 11.5. The van der Waals surface area contributed by atoms with Gasteiger partial charge in [0.1, 0.15) is 22.9 Å². The van der Waals surface area contributed by atoms with Gasteiger partial charge in [-0.1, -0.05) is 25.1 Å². The van der Waals surface area contributed by atoms with Gasteiger partial charge in [-0.05, 0) is 18.6 Å². The molecule has 0 bridgehead atoms. The Balaban J connectivity index is 2.15. The summed E-state index contributed by atoms with van der Waals surface area (Å²) in [6.45, 7) is 2.16. The Kier molecular flexibility index (Phi) is 4.64. The summed E-state index contributed by atoms with van der Waals surface area (Å²) in [6.07, 6.45) is 5.37. The van der Waals surface area contributed by atoms with Gasteiger partial charge in [0.15, 0.2) is 0 Å². The number of aromatic nitrogens is 2. The van der Waals surface area contributed by atoms with E-state index >= 15 is 0 Å². The standard InChI is InChI=1S/C13H17N3OS/c1-3-5-11-12(14-2)15-9-16-13(11)18-8-10-6-4-7-17-10/h4,6-7,9H,3,5,8H2,1-2H3,(H,14,15,16). The summed E-state index contributed by atoms with van der Waals surface area (Å²) in [5.74, 6) is 2.69. The third-order valence-corrected chi connectivity index (χ3v) is 3.63. The first-order valence-corrected chi connectivity index (χ1v) is 7.00. The van der Waals surface area contributed by atoms with Gasteiger partial charge in [-0.25, -0.2) is 9.97 Å². The molecule has 2 heterocycles. The molecule has 0 aliphatic rings. The molecule has 0 radical (unpaired) electrons. The fraction of sp³-hybridized carbons (Fsp3) is 0.385. The fourth-order valence-corrected chi connectivity index (χ4v) is 2.68. The molecule has 96 valence electrons. The van der Waals surface area contributed by atoms with Gasteiger partial charge in [0, 0.05) is 12.6 Å². The highest BCUT2D eigenvalue weighted by Crippen LogP contribution is 2.28. The van der Waals surface area contributed by atoms with Gasteiger partial charge in [0.05, 0.1) is 12.0 Å². The number of anilines is 1. The van der Waals surface area contributed by atoms with Crippen molar-refractivity contribution in [1.82, 2.24) is 9.97 Å². The zero-order valence-electron chi connectivity index (χ0n) is 10.6. The molecule has 0 atom stereocenters. The summed E-state index contributed by atoms with van der Waals surface area (Å²) in [6, 6.07) is 3.88. The van der Waals surface area contributed by atoms with E-state index in [2.05, 4.69) is 22.2 Å². The zero-order chi connectivity index (χ0) is 12.8. The van der Waals surface area contributed by atoms with Crippen LogP contribution in [0.4, 0.5) is 5.82 Å². The molecule has 0 aliphatic carbocycles. The lowest BCUT2D eigenvalue weighted by Gasteiger charge is -2.10. The summed E-state index contributed by atoms with van der Waals surface area (Å²) < 4.78 is 5.33. The van der Waals surface area contributed by atoms with Crippen molar-refractivity contribution in [2.75, 3.05) is 12.4 Å². The molecule has 5 heteroatoms. The van der Waals surface area contributed by atoms with E-state index in [1.54, 1.807) is 24.4 Å². The van der Waals surface area contributed by atoms with E-state index in [0.717, 1.165) is 35.2 Å². The van der Waals surface area contributed by atoms with Crippen molar-refractivity contribution in [2.45, 2.75) is 30.5 Å². The van der Waals surface area contributed by atoms with E-state index < -0.39 is 0 Å². The minimum atomic E-state index is 0.796. The van der Waals surface area contributed by atoms with Crippen molar-refractivity contribution >= 4 is 17.6 Å². The van der Waals surface area contributed by atoms with Crippen molar-refractivity contribution in [3.8, 4) is 0 Å². The van der Waals surface area contributed by atoms with Gasteiger partial charge in [0.2, 0.25) is 0 Å². The van der Waals surface area contributed by atoms with E-state index in [9.17, 15) is 0 Å². The van der Waals surface area contributed by atoms with E-state index in [0.29, 0.717) is 0 Å². The molecule has 0 saturated carbocycles. The quantitative estimate of drug-likeness (QED) is 0.639. The molecule has 1 N–H and O–H groups in total. The van der Waals surface area contributed by atoms with E-state index in [1.807, 2.05) is 19.2 Å². The highest BCUT2D eigenvalue weighted by Gasteiger charge is 2.10. The maximum Gasteiger partial charge on any atom is 0.133 e. The average molecular weight is 263 g/mol. The molecule has 2 aromatic rings. The third-order valence-electron chi connectivity index (χ3n) is 2.57. The molecule has 0 unspecified atom stereocenters. The van der Waals surface area contributed by atoms with Crippen LogP contribution in [0.15, 0.2) is 34.2 Å². The monoisotopic (exact) mass is 263 g/mol. The van der Waals surface area contributed by atoms with Crippen LogP contribution in [0, 0.1) is 0 Å². The number of hydrogen-bond acceptors (Lipinski definition) is 5. The third kappa shape index (κ3) is 3.04. The molecule has 18 heavy (non-hydrogen) atoms. The summed E-state index contributed by atoms with van der Waals surface area (Å²) in [4.78, 5) is 8.64. The Hall–Kier alpha value is -1.49. The Morgan fingerprint density at radius 3 is 2.94 bits per heavy atom. The molecular formula is C13H17N3OS. The van der Waals surface area contributed by atoms with Crippen LogP contribution in [0.25, 0.3) is 0 Å². The molecule has 0 aromatic carbocycles. The van der Waals surface area contributed by atoms with Crippen LogP contribution in [-0.4, -0.2) is 17.0 Å². The normalized spacial score (nSPS) is 10.6. The number of rotatable bonds is 6. The Bertz CT molecular complexity index is 485. The average Bonchev–Trinajstić information content (AvgIpc) is 2.91. The first-order chi connectivity index (χ1) is 8.85. The molecule has 4 nitrogen and oxygen atoms in total. The summed E-state index contributed by atoms with van der Waals surface area (Å²) >= 11 is 1.69. The van der Waals surface area contributed by atoms with Crippen LogP contribution in [-0.2, 0) is 12.2 Å². The predicted molar refractivity (Wildman–Crippen MR) is 73.8 cm³/mol. The maximum atomic E-state index is 5.33. The minimum absolute atomic E-state index is 0.796. The predicted octanol–water partition coefficient (Wildman–Crippen LogP) is 3.36. The van der Waals surface area contributed by atoms with E-state index in [1.165, 1.54) is 5.56 Å². The molecule has 0 aliphatic heterocycles. The number of nitrogens with one attached hydrogen (secondary N) is 1. The van der Waals surface area contributed by atoms with E-state index in [4.69, 9.17) is 4.42 Å². The van der Waals surface area contributed by atoms with Gasteiger partial charge in [-0.3, -0.25) is 0 Å². The van der Waals surface area contributed by atoms with Crippen molar-refractivity contribution in [3.05, 3.63) is 36.0 Å². The first kappa shape index (κ1) is 13.0. The molecular weight excluding hydrogens is 246 g/mol. The van der Waals surface area contributed by atoms with Gasteiger partial charge < -0.3 is 9.73 Å². The van der Waals surface area contributed by atoms with Crippen molar-refractivity contribution < 1.29 is 4.42 Å². The van der Waals surface area contributed by atoms with Crippen molar-refractivity contribution in [2.24, 2.45) is 0 Å². The number of nitrogens with zero attached hydrogens (tertiary/aromatic N) is 2. The van der Waals surface area contributed by atoms with Crippen LogP contribution >= 0.6 is 11.8 Å². The summed E-state index contributed by atoms with van der Waals surface area (Å²) in [5.41, 5.74) is 1.19.